The summed E-state index contributed by atoms with van der Waals surface area (Å²) in [6.45, 7) is 0. The van der Waals surface area contributed by atoms with Crippen LogP contribution in [0.2, 0.25) is 0 Å². The quantitative estimate of drug-likeness (QED) is 0.687. The summed E-state index contributed by atoms with van der Waals surface area (Å²) in [4.78, 5) is 12.6. The molecule has 0 bridgehead atoms. The number of hydrogen-bond donors (Lipinski definition) is 2. The molecule has 4 nitrogen and oxygen atoms in total. The number of amides is 1. The minimum atomic E-state index is -0.233. The van der Waals surface area contributed by atoms with Crippen molar-refractivity contribution >= 4 is 11.6 Å². The molecule has 1 atom stereocenters. The lowest BCUT2D eigenvalue weighted by molar-refractivity contribution is -0.116. The van der Waals surface area contributed by atoms with Crippen LogP contribution in [0.15, 0.2) is 78.9 Å². The summed E-state index contributed by atoms with van der Waals surface area (Å²) in [5.74, 6) is 0.511. The van der Waals surface area contributed by atoms with Crippen molar-refractivity contribution in [1.29, 1.82) is 0 Å². The number of hydrogen-bond acceptors (Lipinski definition) is 3. The molecule has 3 aromatic rings. The van der Waals surface area contributed by atoms with E-state index in [0.717, 1.165) is 11.1 Å². The monoisotopic (exact) mass is 347 g/mol. The predicted molar refractivity (Wildman–Crippen MR) is 103 cm³/mol. The lowest BCUT2D eigenvalue weighted by Gasteiger charge is -2.19. The van der Waals surface area contributed by atoms with Crippen LogP contribution in [-0.4, -0.2) is 18.1 Å². The molecular weight excluding hydrogens is 326 g/mol. The second kappa shape index (κ2) is 8.21. The van der Waals surface area contributed by atoms with Crippen LogP contribution < -0.4 is 10.1 Å². The highest BCUT2D eigenvalue weighted by molar-refractivity contribution is 5.91. The molecule has 3 aromatic carbocycles. The largest absolute Gasteiger partial charge is 0.508 e. The van der Waals surface area contributed by atoms with Gasteiger partial charge in [0, 0.05) is 29.7 Å². The zero-order valence-corrected chi connectivity index (χ0v) is 14.6. The Bertz CT molecular complexity index is 877. The fourth-order valence-corrected chi connectivity index (χ4v) is 2.97. The molecule has 0 aliphatic carbocycles. The minimum absolute atomic E-state index is 0.129. The lowest BCUT2D eigenvalue weighted by Crippen LogP contribution is -2.16. The highest BCUT2D eigenvalue weighted by atomic mass is 16.5. The van der Waals surface area contributed by atoms with Crippen LogP contribution in [0.25, 0.3) is 0 Å². The van der Waals surface area contributed by atoms with Gasteiger partial charge in [-0.15, -0.1) is 0 Å². The molecule has 3 rings (SSSR count). The van der Waals surface area contributed by atoms with Crippen LogP contribution >= 0.6 is 0 Å². The zero-order valence-electron chi connectivity index (χ0n) is 14.6. The maximum absolute atomic E-state index is 12.6. The third-order valence-electron chi connectivity index (χ3n) is 4.26. The maximum Gasteiger partial charge on any atom is 0.225 e. The highest BCUT2D eigenvalue weighted by Crippen LogP contribution is 2.34. The van der Waals surface area contributed by atoms with Gasteiger partial charge in [0.2, 0.25) is 5.91 Å². The number of carbonyl (C=O) groups is 1. The summed E-state index contributed by atoms with van der Waals surface area (Å²) >= 11 is 0. The summed E-state index contributed by atoms with van der Waals surface area (Å²) in [6.07, 6.45) is 0.221. The number of phenolic OH excluding ortho intramolecular Hbond substituents is 1. The third kappa shape index (κ3) is 4.22. The zero-order chi connectivity index (χ0) is 18.4. The van der Waals surface area contributed by atoms with Gasteiger partial charge in [-0.2, -0.15) is 0 Å². The average molecular weight is 347 g/mol. The summed E-state index contributed by atoms with van der Waals surface area (Å²) < 4.78 is 5.19. The van der Waals surface area contributed by atoms with Crippen molar-refractivity contribution < 1.29 is 14.6 Å². The number of phenols is 1. The number of methoxy groups -OCH3 is 1. The van der Waals surface area contributed by atoms with Crippen molar-refractivity contribution in [2.24, 2.45) is 0 Å². The molecule has 0 saturated carbocycles. The second-order valence-corrected chi connectivity index (χ2v) is 6.01. The standard InChI is InChI=1S/C22H21NO3/c1-26-18-11-7-10-17(14-18)23-22(25)15-20(16-8-3-2-4-9-16)19-12-5-6-13-21(19)24/h2-14,20,24H,15H2,1H3,(H,23,25). The summed E-state index contributed by atoms with van der Waals surface area (Å²) in [5, 5.41) is 13.2. The van der Waals surface area contributed by atoms with Gasteiger partial charge < -0.3 is 15.2 Å². The van der Waals surface area contributed by atoms with E-state index in [2.05, 4.69) is 5.32 Å². The van der Waals surface area contributed by atoms with Crippen LogP contribution in [0, 0.1) is 0 Å². The van der Waals surface area contributed by atoms with E-state index in [9.17, 15) is 9.90 Å². The molecular formula is C22H21NO3. The van der Waals surface area contributed by atoms with Gasteiger partial charge in [-0.1, -0.05) is 54.6 Å². The summed E-state index contributed by atoms with van der Waals surface area (Å²) in [5.41, 5.74) is 2.40. The van der Waals surface area contributed by atoms with Crippen LogP contribution in [0.1, 0.15) is 23.5 Å². The molecule has 0 aliphatic rings. The van der Waals surface area contributed by atoms with Crippen LogP contribution in [0.4, 0.5) is 5.69 Å². The SMILES string of the molecule is COc1cccc(NC(=O)CC(c2ccccc2)c2ccccc2O)c1. The molecule has 132 valence electrons. The number of para-hydroxylation sites is 1. The van der Waals surface area contributed by atoms with E-state index in [1.54, 1.807) is 25.3 Å². The van der Waals surface area contributed by atoms with Crippen molar-refractivity contribution in [3.8, 4) is 11.5 Å². The van der Waals surface area contributed by atoms with Crippen molar-refractivity contribution in [2.75, 3.05) is 12.4 Å². The third-order valence-corrected chi connectivity index (χ3v) is 4.26. The van der Waals surface area contributed by atoms with E-state index in [1.165, 1.54) is 0 Å². The van der Waals surface area contributed by atoms with Crippen LogP contribution in [0.3, 0.4) is 0 Å². The molecule has 26 heavy (non-hydrogen) atoms. The van der Waals surface area contributed by atoms with E-state index in [0.29, 0.717) is 11.4 Å². The Hall–Kier alpha value is -3.27. The highest BCUT2D eigenvalue weighted by Gasteiger charge is 2.21. The van der Waals surface area contributed by atoms with Crippen molar-refractivity contribution in [3.05, 3.63) is 90.0 Å². The molecule has 0 fully saturated rings. The van der Waals surface area contributed by atoms with Crippen molar-refractivity contribution in [3.63, 3.8) is 0 Å². The van der Waals surface area contributed by atoms with E-state index >= 15 is 0 Å². The lowest BCUT2D eigenvalue weighted by atomic mass is 9.87. The van der Waals surface area contributed by atoms with Gasteiger partial charge in [-0.3, -0.25) is 4.79 Å². The molecule has 4 heteroatoms. The fourth-order valence-electron chi connectivity index (χ4n) is 2.97. The Labute approximate surface area is 153 Å². The molecule has 2 N–H and O–H groups in total. The first kappa shape index (κ1) is 17.5. The molecule has 0 radical (unpaired) electrons. The first-order valence-electron chi connectivity index (χ1n) is 8.44. The number of ether oxygens (including phenoxy) is 1. The van der Waals surface area contributed by atoms with E-state index in [-0.39, 0.29) is 24.0 Å². The van der Waals surface area contributed by atoms with Gasteiger partial charge in [0.15, 0.2) is 0 Å². The minimum Gasteiger partial charge on any atom is -0.508 e. The Morgan fingerprint density at radius 3 is 2.46 bits per heavy atom. The smallest absolute Gasteiger partial charge is 0.225 e. The van der Waals surface area contributed by atoms with Gasteiger partial charge in [0.1, 0.15) is 11.5 Å². The fraction of sp³-hybridized carbons (Fsp3) is 0.136. The molecule has 1 unspecified atom stereocenters. The molecule has 1 amide bonds. The summed E-state index contributed by atoms with van der Waals surface area (Å²) in [6, 6.07) is 24.1. The van der Waals surface area contributed by atoms with Crippen LogP contribution in [0.5, 0.6) is 11.5 Å². The normalized spacial score (nSPS) is 11.6. The Morgan fingerprint density at radius 1 is 1.00 bits per heavy atom. The van der Waals surface area contributed by atoms with Crippen LogP contribution in [-0.2, 0) is 4.79 Å². The van der Waals surface area contributed by atoms with Crippen molar-refractivity contribution in [2.45, 2.75) is 12.3 Å². The molecule has 0 heterocycles. The number of nitrogens with one attached hydrogen (secondary N) is 1. The molecule has 0 aliphatic heterocycles. The van der Waals surface area contributed by atoms with Crippen molar-refractivity contribution in [1.82, 2.24) is 0 Å². The number of anilines is 1. The second-order valence-electron chi connectivity index (χ2n) is 6.01. The van der Waals surface area contributed by atoms with Gasteiger partial charge in [0.05, 0.1) is 7.11 Å². The van der Waals surface area contributed by atoms with E-state index in [1.807, 2.05) is 60.7 Å². The Balaban J connectivity index is 1.84. The predicted octanol–water partition coefficient (Wildman–Crippen LogP) is 4.56. The molecule has 0 saturated heterocycles. The average Bonchev–Trinajstić information content (AvgIpc) is 2.67. The number of carbonyl (C=O) groups excluding carboxylic acids is 1. The number of aromatic hydroxyl groups is 1. The topological polar surface area (TPSA) is 58.6 Å². The molecule has 0 spiro atoms. The van der Waals surface area contributed by atoms with E-state index in [4.69, 9.17) is 4.74 Å². The Kier molecular flexibility index (Phi) is 5.54. The summed E-state index contributed by atoms with van der Waals surface area (Å²) in [7, 11) is 1.59. The van der Waals surface area contributed by atoms with E-state index < -0.39 is 0 Å². The van der Waals surface area contributed by atoms with Gasteiger partial charge in [-0.25, -0.2) is 0 Å². The van der Waals surface area contributed by atoms with Gasteiger partial charge >= 0.3 is 0 Å². The number of benzene rings is 3. The maximum atomic E-state index is 12.6. The molecule has 0 aromatic heterocycles. The first-order chi connectivity index (χ1) is 12.7. The van der Waals surface area contributed by atoms with Gasteiger partial charge in [0.25, 0.3) is 0 Å². The first-order valence-corrected chi connectivity index (χ1v) is 8.44. The number of rotatable bonds is 6. The Morgan fingerprint density at radius 2 is 1.73 bits per heavy atom. The van der Waals surface area contributed by atoms with Gasteiger partial charge in [-0.05, 0) is 23.8 Å².